The fraction of sp³-hybridized carbons (Fsp3) is 0.712. The van der Waals surface area contributed by atoms with E-state index in [9.17, 15) is 48.3 Å². The van der Waals surface area contributed by atoms with Gasteiger partial charge in [0.2, 0.25) is 29.5 Å². The van der Waals surface area contributed by atoms with Gasteiger partial charge in [-0.3, -0.25) is 38.5 Å². The van der Waals surface area contributed by atoms with Gasteiger partial charge in [-0.25, -0.2) is 9.59 Å². The molecule has 1 aromatic carbocycles. The molecule has 2 saturated heterocycles. The molecule has 20 heteroatoms. The first-order valence-corrected chi connectivity index (χ1v) is 25.4. The van der Waals surface area contributed by atoms with Crippen LogP contribution in [0.5, 0.6) is 5.75 Å². The summed E-state index contributed by atoms with van der Waals surface area (Å²) in [5.41, 5.74) is 0.592. The summed E-state index contributed by atoms with van der Waals surface area (Å²) in [4.78, 5) is 132. The van der Waals surface area contributed by atoms with Gasteiger partial charge in [0.25, 0.3) is 0 Å². The summed E-state index contributed by atoms with van der Waals surface area (Å²) in [6, 6.07) is -0.868. The molecule has 2 fully saturated rings. The molecule has 0 spiro atoms. The number of ether oxygens (including phenoxy) is 4. The summed E-state index contributed by atoms with van der Waals surface area (Å²) < 4.78 is 22.3. The van der Waals surface area contributed by atoms with Crippen molar-refractivity contribution in [3.05, 3.63) is 29.8 Å². The number of nitrogens with zero attached hydrogens (tertiary/aromatic N) is 3. The second-order valence-electron chi connectivity index (χ2n) is 20.5. The van der Waals surface area contributed by atoms with Gasteiger partial charge in [0, 0.05) is 27.1 Å². The van der Waals surface area contributed by atoms with Crippen LogP contribution in [-0.2, 0) is 59.0 Å². The maximum Gasteiger partial charge on any atom is 0.410 e. The normalized spacial score (nSPS) is 26.6. The number of hydrogen-bond donors (Lipinski definition) is 4. The van der Waals surface area contributed by atoms with Crippen LogP contribution in [0.2, 0.25) is 0 Å². The Kier molecular flexibility index (Phi) is 23.4. The second-order valence-corrected chi connectivity index (χ2v) is 20.5. The van der Waals surface area contributed by atoms with Gasteiger partial charge in [-0.05, 0) is 87.8 Å². The highest BCUT2D eigenvalue weighted by molar-refractivity contribution is 6.05. The zero-order chi connectivity index (χ0) is 54.3. The number of carbonyl (C=O) groups is 9. The van der Waals surface area contributed by atoms with Crippen LogP contribution in [0, 0.1) is 29.6 Å². The minimum absolute atomic E-state index is 0.0247. The van der Waals surface area contributed by atoms with Gasteiger partial charge in [0.05, 0.1) is 38.2 Å². The van der Waals surface area contributed by atoms with Crippen molar-refractivity contribution >= 4 is 53.4 Å². The Bertz CT molecular complexity index is 2050. The molecule has 6 amide bonds. The summed E-state index contributed by atoms with van der Waals surface area (Å²) in [5.74, 6) is -8.65. The third kappa shape index (κ3) is 16.4. The zero-order valence-electron chi connectivity index (χ0n) is 44.9. The molecule has 11 atom stereocenters. The molecule has 1 aromatic rings. The number of carbonyl (C=O) groups excluding carboxylic acids is 9. The molecule has 20 nitrogen and oxygen atoms in total. The highest BCUT2D eigenvalue weighted by Crippen LogP contribution is 2.26. The number of rotatable bonds is 14. The molecule has 2 aliphatic heterocycles. The fourth-order valence-electron chi connectivity index (χ4n) is 8.96. The van der Waals surface area contributed by atoms with Gasteiger partial charge >= 0.3 is 18.0 Å². The Hall–Kier alpha value is -5.79. The van der Waals surface area contributed by atoms with Crippen LogP contribution in [0.4, 0.5) is 4.79 Å². The SMILES string of the molecule is CCOC(=O)N(C)[C@H](CC(C)C)C(=O)N[C@@H]1C(=O)N[C@H]([C@@H](C)CC)[C@@H](O)CC(=O)O[C@@H](C(C)C)C(=O)[C@H](C)C(=O)N[C@@H](CC(C)C)C(=O)N2CCC[C@H]2C(=O)N(C)[C@@H](Cc2ccc(OC)cc2)C(=O)O[C@@H]1C. The molecule has 0 aromatic heterocycles. The van der Waals surface area contributed by atoms with Gasteiger partial charge < -0.3 is 49.8 Å². The standard InChI is InChI=1S/C52H82N6O14/c1-15-31(9)42-40(59)27-41(60)72-45(30(7)8)44(61)32(10)46(62)53-36(24-28(3)4)49(65)58-23-17-18-37(58)50(66)56(12)39(26-34-19-21-35(69-14)22-20-34)51(67)71-33(11)43(48(64)54-42)55-47(63)38(25-29(5)6)57(13)52(68)70-16-2/h19-22,28-33,36-40,42-43,45,59H,15-18,23-27H2,1-14H3,(H,53,62)(H,54,64)(H,55,63)/t31-,32-,33+,36-,37-,38+,39-,40-,42+,43-,45-/m0/s1. The van der Waals surface area contributed by atoms with E-state index in [1.165, 1.54) is 44.9 Å². The van der Waals surface area contributed by atoms with E-state index < -0.39 is 132 Å². The topological polar surface area (TPSA) is 257 Å². The van der Waals surface area contributed by atoms with Crippen LogP contribution in [-0.4, -0.2) is 162 Å². The summed E-state index contributed by atoms with van der Waals surface area (Å²) in [6.07, 6.45) is -4.82. The summed E-state index contributed by atoms with van der Waals surface area (Å²) >= 11 is 0. The Morgan fingerprint density at radius 2 is 1.54 bits per heavy atom. The summed E-state index contributed by atoms with van der Waals surface area (Å²) in [5, 5.41) is 19.9. The molecule has 0 bridgehead atoms. The van der Waals surface area contributed by atoms with E-state index in [-0.39, 0.29) is 50.7 Å². The third-order valence-electron chi connectivity index (χ3n) is 13.5. The van der Waals surface area contributed by atoms with Gasteiger partial charge in [0.1, 0.15) is 42.1 Å². The number of likely N-dealkylation sites (N-methyl/N-ethyl adjacent to an activating group) is 2. The van der Waals surface area contributed by atoms with Gasteiger partial charge in [-0.2, -0.15) is 0 Å². The van der Waals surface area contributed by atoms with Crippen molar-refractivity contribution < 1.29 is 67.2 Å². The lowest BCUT2D eigenvalue weighted by Crippen LogP contribution is -2.61. The lowest BCUT2D eigenvalue weighted by atomic mass is 9.91. The van der Waals surface area contributed by atoms with E-state index in [1.54, 1.807) is 58.9 Å². The number of ketones is 1. The maximum absolute atomic E-state index is 14.8. The van der Waals surface area contributed by atoms with E-state index >= 15 is 0 Å². The van der Waals surface area contributed by atoms with Gasteiger partial charge in [0.15, 0.2) is 11.9 Å². The predicted octanol–water partition coefficient (Wildman–Crippen LogP) is 3.57. The smallest absolute Gasteiger partial charge is 0.410 e. The lowest BCUT2D eigenvalue weighted by molar-refractivity contribution is -0.163. The van der Waals surface area contributed by atoms with Crippen LogP contribution in [0.25, 0.3) is 0 Å². The maximum atomic E-state index is 14.8. The van der Waals surface area contributed by atoms with E-state index in [1.807, 2.05) is 27.7 Å². The third-order valence-corrected chi connectivity index (χ3v) is 13.5. The first-order valence-electron chi connectivity index (χ1n) is 25.4. The number of nitrogens with one attached hydrogen (secondary N) is 3. The molecule has 3 rings (SSSR count). The van der Waals surface area contributed by atoms with Crippen LogP contribution >= 0.6 is 0 Å². The Morgan fingerprint density at radius 3 is 2.10 bits per heavy atom. The average molecular weight is 1020 g/mol. The first kappa shape index (κ1) is 60.5. The Labute approximate surface area is 425 Å². The molecular weight excluding hydrogens is 933 g/mol. The van der Waals surface area contributed by atoms with Crippen LogP contribution < -0.4 is 20.7 Å². The number of amides is 6. The number of esters is 2. The number of aliphatic hydroxyl groups is 1. The molecular formula is C52H82N6O14. The highest BCUT2D eigenvalue weighted by atomic mass is 16.6. The number of fused-ring (bicyclic) bond motifs is 1. The van der Waals surface area contributed by atoms with Gasteiger partial charge in [-0.15, -0.1) is 0 Å². The number of methoxy groups -OCH3 is 1. The molecule has 72 heavy (non-hydrogen) atoms. The van der Waals surface area contributed by atoms with E-state index in [0.29, 0.717) is 24.2 Å². The van der Waals surface area contributed by atoms with E-state index in [4.69, 9.17) is 18.9 Å². The minimum Gasteiger partial charge on any atom is -0.497 e. The average Bonchev–Trinajstić information content (AvgIpc) is 3.82. The van der Waals surface area contributed by atoms with Crippen molar-refractivity contribution in [1.29, 1.82) is 0 Å². The molecule has 2 aliphatic rings. The molecule has 0 radical (unpaired) electrons. The van der Waals surface area contributed by atoms with Crippen molar-refractivity contribution in [3.63, 3.8) is 0 Å². The van der Waals surface area contributed by atoms with Crippen molar-refractivity contribution in [1.82, 2.24) is 30.7 Å². The molecule has 0 aliphatic carbocycles. The molecule has 4 N–H and O–H groups in total. The minimum atomic E-state index is -1.70. The Morgan fingerprint density at radius 1 is 0.903 bits per heavy atom. The number of benzene rings is 1. The van der Waals surface area contributed by atoms with E-state index in [0.717, 1.165) is 4.90 Å². The van der Waals surface area contributed by atoms with E-state index in [2.05, 4.69) is 16.0 Å². The fourth-order valence-corrected chi connectivity index (χ4v) is 8.96. The second kappa shape index (κ2) is 27.9. The summed E-state index contributed by atoms with van der Waals surface area (Å²) in [6.45, 7) is 18.7. The number of Topliss-reactive ketones (excluding diaryl/α,β-unsaturated/α-hetero) is 1. The molecule has 0 unspecified atom stereocenters. The van der Waals surface area contributed by atoms with Crippen molar-refractivity contribution in [3.8, 4) is 5.75 Å². The predicted molar refractivity (Wildman–Crippen MR) is 266 cm³/mol. The van der Waals surface area contributed by atoms with Crippen molar-refractivity contribution in [2.24, 2.45) is 29.6 Å². The number of hydrogen-bond acceptors (Lipinski definition) is 14. The summed E-state index contributed by atoms with van der Waals surface area (Å²) in [7, 11) is 4.29. The van der Waals surface area contributed by atoms with Crippen LogP contribution in [0.15, 0.2) is 24.3 Å². The van der Waals surface area contributed by atoms with Gasteiger partial charge in [-0.1, -0.05) is 73.9 Å². The quantitative estimate of drug-likeness (QED) is 0.118. The molecule has 0 saturated carbocycles. The van der Waals surface area contributed by atoms with Crippen molar-refractivity contribution in [2.75, 3.05) is 34.4 Å². The largest absolute Gasteiger partial charge is 0.497 e. The number of aliphatic hydroxyl groups excluding tert-OH is 1. The number of cyclic esters (lactones) is 2. The molecule has 404 valence electrons. The molecule has 2 heterocycles. The first-order chi connectivity index (χ1) is 33.8. The van der Waals surface area contributed by atoms with Crippen LogP contribution in [0.3, 0.4) is 0 Å². The lowest BCUT2D eigenvalue weighted by Gasteiger charge is -2.36. The van der Waals surface area contributed by atoms with Crippen LogP contribution in [0.1, 0.15) is 120 Å². The zero-order valence-corrected chi connectivity index (χ0v) is 44.9. The Balaban J connectivity index is 2.28. The highest BCUT2D eigenvalue weighted by Gasteiger charge is 2.45. The van der Waals surface area contributed by atoms with Crippen molar-refractivity contribution in [2.45, 2.75) is 176 Å². The monoisotopic (exact) mass is 1010 g/mol.